The summed E-state index contributed by atoms with van der Waals surface area (Å²) < 4.78 is 12.2. The normalized spacial score (nSPS) is 20.0. The number of amides is 2. The second-order valence-electron chi connectivity index (χ2n) is 7.90. The summed E-state index contributed by atoms with van der Waals surface area (Å²) in [6.45, 7) is 0.735. The number of carbonyl (C=O) groups is 2. The van der Waals surface area contributed by atoms with Crippen LogP contribution in [0.5, 0.6) is 5.75 Å². The number of epoxide rings is 1. The van der Waals surface area contributed by atoms with Crippen molar-refractivity contribution in [3.63, 3.8) is 0 Å². The van der Waals surface area contributed by atoms with Gasteiger partial charge in [-0.3, -0.25) is 14.9 Å². The summed E-state index contributed by atoms with van der Waals surface area (Å²) in [4.78, 5) is 23.8. The van der Waals surface area contributed by atoms with Crippen molar-refractivity contribution in [2.24, 2.45) is 0 Å². The monoisotopic (exact) mass is 497 g/mol. The minimum absolute atomic E-state index is 0.00721. The van der Waals surface area contributed by atoms with Crippen molar-refractivity contribution < 1.29 is 19.1 Å². The number of halogens is 1. The molecule has 8 heteroatoms. The van der Waals surface area contributed by atoms with E-state index in [1.165, 1.54) is 0 Å². The van der Waals surface area contributed by atoms with Gasteiger partial charge in [0.05, 0.1) is 24.7 Å². The van der Waals surface area contributed by atoms with Crippen molar-refractivity contribution >= 4 is 27.7 Å². The van der Waals surface area contributed by atoms with Crippen molar-refractivity contribution in [2.75, 3.05) is 20.3 Å². The molecule has 0 radical (unpaired) electrons. The van der Waals surface area contributed by atoms with Crippen molar-refractivity contribution in [3.05, 3.63) is 63.6 Å². The first-order chi connectivity index (χ1) is 15.4. The maximum Gasteiger partial charge on any atom is 0.310 e. The summed E-state index contributed by atoms with van der Waals surface area (Å²) >= 11 is 3.57. The largest absolute Gasteiger partial charge is 0.496 e. The standard InChI is InChI=1S/C24H24BrN3O4/c1-3-12-26-21(29)22(30)27-14-16-6-4-5-7-18(16)24(15-32-24)28-23(10-11-23)17-8-9-20(31-2)19(25)13-17/h1,4-9,13,28H,10-12,14-15H2,2H3,(H,26,29)(H,27,30). The molecular weight excluding hydrogens is 474 g/mol. The van der Waals surface area contributed by atoms with Crippen LogP contribution in [0.1, 0.15) is 29.5 Å². The number of carbonyl (C=O) groups excluding carboxylic acids is 2. The lowest BCUT2D eigenvalue weighted by molar-refractivity contribution is -0.139. The van der Waals surface area contributed by atoms with E-state index in [-0.39, 0.29) is 18.6 Å². The highest BCUT2D eigenvalue weighted by Crippen LogP contribution is 2.52. The summed E-state index contributed by atoms with van der Waals surface area (Å²) in [5.74, 6) is 1.58. The molecule has 2 fully saturated rings. The quantitative estimate of drug-likeness (QED) is 0.295. The smallest absolute Gasteiger partial charge is 0.310 e. The highest BCUT2D eigenvalue weighted by molar-refractivity contribution is 9.10. The Kier molecular flexibility index (Phi) is 6.24. The molecule has 1 heterocycles. The van der Waals surface area contributed by atoms with Gasteiger partial charge in [0.15, 0.2) is 5.72 Å². The number of methoxy groups -OCH3 is 1. The van der Waals surface area contributed by atoms with Crippen LogP contribution in [0.4, 0.5) is 0 Å². The van der Waals surface area contributed by atoms with E-state index in [0.29, 0.717) is 6.61 Å². The van der Waals surface area contributed by atoms with Crippen LogP contribution in [0, 0.1) is 12.3 Å². The van der Waals surface area contributed by atoms with Crippen LogP contribution in [-0.4, -0.2) is 32.1 Å². The van der Waals surface area contributed by atoms with Gasteiger partial charge in [0.1, 0.15) is 5.75 Å². The SMILES string of the molecule is C#CCNC(=O)C(=O)NCc1ccccc1C1(NC2(c3ccc(OC)c(Br)c3)CC2)CO1. The third kappa shape index (κ3) is 4.51. The van der Waals surface area contributed by atoms with Crippen molar-refractivity contribution in [2.45, 2.75) is 30.7 Å². The Morgan fingerprint density at radius 3 is 2.53 bits per heavy atom. The molecule has 1 saturated heterocycles. The van der Waals surface area contributed by atoms with E-state index in [0.717, 1.165) is 39.8 Å². The average molecular weight is 498 g/mol. The third-order valence-corrected chi connectivity index (χ3v) is 6.40. The van der Waals surface area contributed by atoms with Gasteiger partial charge < -0.3 is 20.1 Å². The van der Waals surface area contributed by atoms with Crippen LogP contribution in [-0.2, 0) is 32.1 Å². The molecule has 1 atom stereocenters. The lowest BCUT2D eigenvalue weighted by Crippen LogP contribution is -2.42. The van der Waals surface area contributed by atoms with E-state index in [4.69, 9.17) is 15.9 Å². The van der Waals surface area contributed by atoms with Gasteiger partial charge in [-0.2, -0.15) is 0 Å². The summed E-state index contributed by atoms with van der Waals surface area (Å²) in [7, 11) is 1.65. The Labute approximate surface area is 195 Å². The van der Waals surface area contributed by atoms with Crippen molar-refractivity contribution in [1.82, 2.24) is 16.0 Å². The van der Waals surface area contributed by atoms with Gasteiger partial charge in [0.25, 0.3) is 0 Å². The Bertz CT molecular complexity index is 1090. The molecule has 2 amide bonds. The molecule has 4 rings (SSSR count). The topological polar surface area (TPSA) is 92.0 Å². The number of terminal acetylenes is 1. The Balaban J connectivity index is 1.50. The number of nitrogens with one attached hydrogen (secondary N) is 3. The number of hydrogen-bond acceptors (Lipinski definition) is 5. The molecule has 1 saturated carbocycles. The van der Waals surface area contributed by atoms with Gasteiger partial charge in [-0.25, -0.2) is 0 Å². The molecule has 166 valence electrons. The molecule has 7 nitrogen and oxygen atoms in total. The van der Waals surface area contributed by atoms with E-state index in [9.17, 15) is 9.59 Å². The van der Waals surface area contributed by atoms with Crippen LogP contribution in [0.25, 0.3) is 0 Å². The Hall–Kier alpha value is -2.86. The van der Waals surface area contributed by atoms with Crippen molar-refractivity contribution in [3.8, 4) is 18.1 Å². The van der Waals surface area contributed by atoms with Gasteiger partial charge in [-0.1, -0.05) is 36.3 Å². The fourth-order valence-electron chi connectivity index (χ4n) is 3.86. The molecule has 0 bridgehead atoms. The molecule has 1 unspecified atom stereocenters. The van der Waals surface area contributed by atoms with Gasteiger partial charge in [-0.15, -0.1) is 6.42 Å². The van der Waals surface area contributed by atoms with E-state index >= 15 is 0 Å². The zero-order valence-corrected chi connectivity index (χ0v) is 19.3. The number of benzene rings is 2. The van der Waals surface area contributed by atoms with Gasteiger partial charge in [0, 0.05) is 17.6 Å². The zero-order valence-electron chi connectivity index (χ0n) is 17.7. The predicted octanol–water partition coefficient (Wildman–Crippen LogP) is 2.29. The summed E-state index contributed by atoms with van der Waals surface area (Å²) in [5.41, 5.74) is 2.17. The first kappa shape index (κ1) is 22.3. The van der Waals surface area contributed by atoms with Crippen LogP contribution in [0.3, 0.4) is 0 Å². The molecule has 1 aliphatic heterocycles. The van der Waals surface area contributed by atoms with E-state index in [1.807, 2.05) is 30.3 Å². The fraction of sp³-hybridized carbons (Fsp3) is 0.333. The van der Waals surface area contributed by atoms with E-state index in [1.54, 1.807) is 7.11 Å². The minimum atomic E-state index is -0.752. The van der Waals surface area contributed by atoms with Crippen LogP contribution in [0.15, 0.2) is 46.9 Å². The zero-order chi connectivity index (χ0) is 22.8. The van der Waals surface area contributed by atoms with E-state index < -0.39 is 17.5 Å². The molecule has 2 aliphatic rings. The molecule has 0 spiro atoms. The maximum atomic E-state index is 12.1. The number of rotatable bonds is 8. The van der Waals surface area contributed by atoms with E-state index in [2.05, 4.69) is 49.9 Å². The molecule has 2 aromatic carbocycles. The fourth-order valence-corrected chi connectivity index (χ4v) is 4.41. The summed E-state index contributed by atoms with van der Waals surface area (Å²) in [6, 6.07) is 13.8. The molecule has 3 N–H and O–H groups in total. The molecular formula is C24H24BrN3O4. The summed E-state index contributed by atoms with van der Waals surface area (Å²) in [5, 5.41) is 8.75. The van der Waals surface area contributed by atoms with Gasteiger partial charge >= 0.3 is 11.8 Å². The number of ether oxygens (including phenoxy) is 2. The lowest BCUT2D eigenvalue weighted by Gasteiger charge is -2.26. The molecule has 0 aromatic heterocycles. The van der Waals surface area contributed by atoms with Crippen LogP contribution in [0.2, 0.25) is 0 Å². The average Bonchev–Trinajstić information content (AvgIpc) is 3.74. The second-order valence-corrected chi connectivity index (χ2v) is 8.75. The minimum Gasteiger partial charge on any atom is -0.496 e. The van der Waals surface area contributed by atoms with Crippen LogP contribution < -0.4 is 20.7 Å². The second kappa shape index (κ2) is 8.94. The van der Waals surface area contributed by atoms with Crippen molar-refractivity contribution in [1.29, 1.82) is 0 Å². The summed E-state index contributed by atoms with van der Waals surface area (Å²) in [6.07, 6.45) is 7.09. The Morgan fingerprint density at radius 1 is 1.19 bits per heavy atom. The predicted molar refractivity (Wildman–Crippen MR) is 123 cm³/mol. The van der Waals surface area contributed by atoms with Crippen LogP contribution >= 0.6 is 15.9 Å². The van der Waals surface area contributed by atoms with Gasteiger partial charge in [-0.05, 0) is 52.0 Å². The van der Waals surface area contributed by atoms with Gasteiger partial charge in [0.2, 0.25) is 0 Å². The highest BCUT2D eigenvalue weighted by atomic mass is 79.9. The maximum absolute atomic E-state index is 12.1. The first-order valence-electron chi connectivity index (χ1n) is 10.3. The molecule has 1 aliphatic carbocycles. The Morgan fingerprint density at radius 2 is 1.91 bits per heavy atom. The highest BCUT2D eigenvalue weighted by Gasteiger charge is 2.57. The molecule has 2 aromatic rings. The molecule has 32 heavy (non-hydrogen) atoms. The first-order valence-corrected chi connectivity index (χ1v) is 11.1. The lowest BCUT2D eigenvalue weighted by atomic mass is 9.97. The third-order valence-electron chi connectivity index (χ3n) is 5.78. The number of hydrogen-bond donors (Lipinski definition) is 3.